The summed E-state index contributed by atoms with van der Waals surface area (Å²) in [4.78, 5) is 20.5. The number of carbonyl (C=O) groups is 1. The zero-order chi connectivity index (χ0) is 19.2. The zero-order valence-corrected chi connectivity index (χ0v) is 15.9. The van der Waals surface area contributed by atoms with Crippen molar-refractivity contribution in [3.8, 4) is 5.75 Å². The molecule has 5 heteroatoms. The number of rotatable bonds is 7. The lowest BCUT2D eigenvalue weighted by atomic mass is 10.0. The van der Waals surface area contributed by atoms with Crippen LogP contribution in [-0.4, -0.2) is 22.5 Å². The van der Waals surface area contributed by atoms with E-state index in [4.69, 9.17) is 4.74 Å². The monoisotopic (exact) mass is 363 g/mol. The second-order valence-corrected chi connectivity index (χ2v) is 6.67. The minimum atomic E-state index is -0.198. The van der Waals surface area contributed by atoms with Crippen LogP contribution in [0.2, 0.25) is 0 Å². The summed E-state index contributed by atoms with van der Waals surface area (Å²) >= 11 is 0. The van der Waals surface area contributed by atoms with Crippen LogP contribution in [0, 0.1) is 5.92 Å². The summed E-state index contributed by atoms with van der Waals surface area (Å²) in [6.45, 7) is 6.64. The Morgan fingerprint density at radius 3 is 2.67 bits per heavy atom. The van der Waals surface area contributed by atoms with Crippen molar-refractivity contribution in [3.63, 3.8) is 0 Å². The van der Waals surface area contributed by atoms with Crippen LogP contribution in [0.15, 0.2) is 54.6 Å². The van der Waals surface area contributed by atoms with Crippen LogP contribution < -0.4 is 10.1 Å². The Bertz CT molecular complexity index is 910. The lowest BCUT2D eigenvalue weighted by Crippen LogP contribution is -2.31. The molecule has 2 N–H and O–H groups in total. The standard InChI is InChI=1S/C22H25N3O2/c1-4-27-19-12-8-5-9-16(19)13-14-20(26)25-21(15(2)3)22-23-17-10-6-7-11-18(17)24-22/h5-15,21H,4H2,1-3H3,(H,23,24)(H,25,26). The van der Waals surface area contributed by atoms with E-state index in [1.807, 2.05) is 55.5 Å². The Morgan fingerprint density at radius 1 is 1.19 bits per heavy atom. The number of carbonyl (C=O) groups excluding carboxylic acids is 1. The van der Waals surface area contributed by atoms with Gasteiger partial charge < -0.3 is 15.0 Å². The average molecular weight is 363 g/mol. The number of para-hydroxylation sites is 3. The second-order valence-electron chi connectivity index (χ2n) is 6.67. The predicted octanol–water partition coefficient (Wildman–Crippen LogP) is 4.49. The van der Waals surface area contributed by atoms with E-state index in [1.165, 1.54) is 6.08 Å². The molecule has 0 aliphatic heterocycles. The van der Waals surface area contributed by atoms with Gasteiger partial charge in [0.15, 0.2) is 0 Å². The van der Waals surface area contributed by atoms with E-state index in [9.17, 15) is 4.79 Å². The summed E-state index contributed by atoms with van der Waals surface area (Å²) in [6, 6.07) is 15.3. The Morgan fingerprint density at radius 2 is 1.93 bits per heavy atom. The van der Waals surface area contributed by atoms with E-state index in [0.717, 1.165) is 28.2 Å². The first kappa shape index (κ1) is 18.7. The molecule has 1 heterocycles. The summed E-state index contributed by atoms with van der Waals surface area (Å²) < 4.78 is 5.59. The average Bonchev–Trinajstić information content (AvgIpc) is 3.09. The van der Waals surface area contributed by atoms with Gasteiger partial charge in [-0.05, 0) is 37.1 Å². The molecule has 1 unspecified atom stereocenters. The highest BCUT2D eigenvalue weighted by Crippen LogP contribution is 2.23. The number of fused-ring (bicyclic) bond motifs is 1. The molecule has 1 amide bonds. The van der Waals surface area contributed by atoms with Gasteiger partial charge in [0, 0.05) is 11.6 Å². The fourth-order valence-corrected chi connectivity index (χ4v) is 2.94. The van der Waals surface area contributed by atoms with Crippen molar-refractivity contribution < 1.29 is 9.53 Å². The molecule has 3 rings (SSSR count). The fourth-order valence-electron chi connectivity index (χ4n) is 2.94. The van der Waals surface area contributed by atoms with Crippen molar-refractivity contribution in [1.29, 1.82) is 0 Å². The van der Waals surface area contributed by atoms with Crippen molar-refractivity contribution in [2.45, 2.75) is 26.8 Å². The Kier molecular flexibility index (Phi) is 5.91. The van der Waals surface area contributed by atoms with E-state index < -0.39 is 0 Å². The van der Waals surface area contributed by atoms with E-state index in [1.54, 1.807) is 6.08 Å². The number of nitrogens with one attached hydrogen (secondary N) is 2. The van der Waals surface area contributed by atoms with Gasteiger partial charge in [-0.2, -0.15) is 0 Å². The first-order valence-corrected chi connectivity index (χ1v) is 9.23. The van der Waals surface area contributed by atoms with Crippen molar-refractivity contribution in [1.82, 2.24) is 15.3 Å². The normalized spacial score (nSPS) is 12.6. The molecule has 0 saturated heterocycles. The third-order valence-electron chi connectivity index (χ3n) is 4.30. The topological polar surface area (TPSA) is 67.0 Å². The van der Waals surface area contributed by atoms with Crippen LogP contribution >= 0.6 is 0 Å². The maximum Gasteiger partial charge on any atom is 0.244 e. The van der Waals surface area contributed by atoms with Gasteiger partial charge in [-0.15, -0.1) is 0 Å². The molecule has 1 atom stereocenters. The first-order valence-electron chi connectivity index (χ1n) is 9.23. The molecule has 0 spiro atoms. The lowest BCUT2D eigenvalue weighted by molar-refractivity contribution is -0.117. The number of H-pyrrole nitrogens is 1. The Balaban J connectivity index is 1.76. The number of hydrogen-bond acceptors (Lipinski definition) is 3. The highest BCUT2D eigenvalue weighted by atomic mass is 16.5. The van der Waals surface area contributed by atoms with Crippen molar-refractivity contribution in [3.05, 3.63) is 66.0 Å². The molecule has 0 aliphatic rings. The Hall–Kier alpha value is -3.08. The van der Waals surface area contributed by atoms with Gasteiger partial charge in [0.2, 0.25) is 5.91 Å². The molecule has 27 heavy (non-hydrogen) atoms. The van der Waals surface area contributed by atoms with Gasteiger partial charge in [-0.1, -0.05) is 44.2 Å². The Labute approximate surface area is 159 Å². The number of ether oxygens (including phenoxy) is 1. The number of imidazole rings is 1. The smallest absolute Gasteiger partial charge is 0.244 e. The summed E-state index contributed by atoms with van der Waals surface area (Å²) in [6.07, 6.45) is 3.31. The summed E-state index contributed by atoms with van der Waals surface area (Å²) in [5.41, 5.74) is 2.74. The number of nitrogens with zero attached hydrogens (tertiary/aromatic N) is 1. The number of aromatic amines is 1. The van der Waals surface area contributed by atoms with Gasteiger partial charge >= 0.3 is 0 Å². The third kappa shape index (κ3) is 4.56. The van der Waals surface area contributed by atoms with E-state index in [2.05, 4.69) is 29.1 Å². The van der Waals surface area contributed by atoms with Crippen LogP contribution in [0.1, 0.15) is 38.2 Å². The van der Waals surface area contributed by atoms with Crippen molar-refractivity contribution in [2.75, 3.05) is 6.61 Å². The molecule has 0 aliphatic carbocycles. The lowest BCUT2D eigenvalue weighted by Gasteiger charge is -2.19. The second kappa shape index (κ2) is 8.54. The quantitative estimate of drug-likeness (QED) is 0.608. The zero-order valence-electron chi connectivity index (χ0n) is 15.9. The molecule has 0 fully saturated rings. The number of hydrogen-bond donors (Lipinski definition) is 2. The highest BCUT2D eigenvalue weighted by molar-refractivity contribution is 5.92. The van der Waals surface area contributed by atoms with E-state index >= 15 is 0 Å². The maximum atomic E-state index is 12.5. The van der Waals surface area contributed by atoms with Crippen LogP contribution in [0.25, 0.3) is 17.1 Å². The van der Waals surface area contributed by atoms with Gasteiger partial charge in [0.1, 0.15) is 11.6 Å². The van der Waals surface area contributed by atoms with Gasteiger partial charge in [-0.3, -0.25) is 4.79 Å². The third-order valence-corrected chi connectivity index (χ3v) is 4.30. The van der Waals surface area contributed by atoms with E-state index in [0.29, 0.717) is 6.61 Å². The van der Waals surface area contributed by atoms with E-state index in [-0.39, 0.29) is 17.9 Å². The molecule has 140 valence electrons. The predicted molar refractivity (Wildman–Crippen MR) is 108 cm³/mol. The highest BCUT2D eigenvalue weighted by Gasteiger charge is 2.21. The largest absolute Gasteiger partial charge is 0.493 e. The molecular weight excluding hydrogens is 338 g/mol. The number of amides is 1. The van der Waals surface area contributed by atoms with Crippen LogP contribution in [0.4, 0.5) is 0 Å². The van der Waals surface area contributed by atoms with Crippen molar-refractivity contribution in [2.24, 2.45) is 5.92 Å². The summed E-state index contributed by atoms with van der Waals surface area (Å²) in [5, 5.41) is 3.06. The molecule has 1 aromatic heterocycles. The fraction of sp³-hybridized carbons (Fsp3) is 0.273. The van der Waals surface area contributed by atoms with Crippen LogP contribution in [0.5, 0.6) is 5.75 Å². The SMILES string of the molecule is CCOc1ccccc1C=CC(=O)NC(c1nc2ccccc2[nH]1)C(C)C. The minimum absolute atomic E-state index is 0.166. The molecule has 0 bridgehead atoms. The molecular formula is C22H25N3O2. The van der Waals surface area contributed by atoms with Crippen LogP contribution in [-0.2, 0) is 4.79 Å². The first-order chi connectivity index (χ1) is 13.1. The van der Waals surface area contributed by atoms with Gasteiger partial charge in [0.05, 0.1) is 23.7 Å². The molecule has 3 aromatic rings. The van der Waals surface area contributed by atoms with Gasteiger partial charge in [0.25, 0.3) is 0 Å². The summed E-state index contributed by atoms with van der Waals surface area (Å²) in [7, 11) is 0. The minimum Gasteiger partial charge on any atom is -0.493 e. The summed E-state index contributed by atoms with van der Waals surface area (Å²) in [5.74, 6) is 1.56. The molecule has 0 saturated carbocycles. The number of benzene rings is 2. The van der Waals surface area contributed by atoms with Crippen molar-refractivity contribution >= 4 is 23.0 Å². The van der Waals surface area contributed by atoms with Crippen LogP contribution in [0.3, 0.4) is 0 Å². The number of aromatic nitrogens is 2. The molecule has 0 radical (unpaired) electrons. The van der Waals surface area contributed by atoms with Gasteiger partial charge in [-0.25, -0.2) is 4.98 Å². The molecule has 5 nitrogen and oxygen atoms in total. The maximum absolute atomic E-state index is 12.5. The molecule has 2 aromatic carbocycles.